The first-order valence-corrected chi connectivity index (χ1v) is 7.07. The van der Waals surface area contributed by atoms with Gasteiger partial charge < -0.3 is 19.5 Å². The number of anilines is 1. The molecule has 0 aromatic heterocycles. The quantitative estimate of drug-likeness (QED) is 0.906. The molecule has 4 nitrogen and oxygen atoms in total. The fourth-order valence-electron chi connectivity index (χ4n) is 2.70. The zero-order valence-electron chi connectivity index (χ0n) is 11.6. The van der Waals surface area contributed by atoms with Gasteiger partial charge in [0.25, 0.3) is 0 Å². The van der Waals surface area contributed by atoms with Gasteiger partial charge in [-0.05, 0) is 26.3 Å². The molecule has 0 unspecified atom stereocenters. The van der Waals surface area contributed by atoms with E-state index in [1.807, 2.05) is 6.92 Å². The van der Waals surface area contributed by atoms with Crippen molar-refractivity contribution in [2.75, 3.05) is 25.1 Å². The summed E-state index contributed by atoms with van der Waals surface area (Å²) in [6.07, 6.45) is 2.26. The molecule has 0 radical (unpaired) electrons. The van der Waals surface area contributed by atoms with Gasteiger partial charge in [-0.25, -0.2) is 0 Å². The van der Waals surface area contributed by atoms with Crippen LogP contribution in [0.3, 0.4) is 0 Å². The van der Waals surface area contributed by atoms with Crippen LogP contribution in [0, 0.1) is 0 Å². The van der Waals surface area contributed by atoms with E-state index in [0.29, 0.717) is 12.6 Å². The molecular weight excluding hydrogens is 242 g/mol. The van der Waals surface area contributed by atoms with E-state index in [2.05, 4.69) is 24.4 Å². The molecule has 2 aliphatic rings. The van der Waals surface area contributed by atoms with Crippen molar-refractivity contribution in [3.05, 3.63) is 17.7 Å². The van der Waals surface area contributed by atoms with Gasteiger partial charge in [0.05, 0.1) is 24.9 Å². The number of benzene rings is 1. The van der Waals surface area contributed by atoms with Crippen molar-refractivity contribution in [1.29, 1.82) is 0 Å². The maximum Gasteiger partial charge on any atom is 0.142 e. The normalized spacial score (nSPS) is 24.9. The Balaban J connectivity index is 1.85. The highest BCUT2D eigenvalue weighted by Crippen LogP contribution is 2.38. The summed E-state index contributed by atoms with van der Waals surface area (Å²) in [6, 6.07) is 4.55. The Hall–Kier alpha value is -1.42. The summed E-state index contributed by atoms with van der Waals surface area (Å²) in [5, 5.41) is 3.51. The Morgan fingerprint density at radius 2 is 2.32 bits per heavy atom. The lowest BCUT2D eigenvalue weighted by atomic mass is 10.1. The third-order valence-corrected chi connectivity index (χ3v) is 3.59. The Kier molecular flexibility index (Phi) is 3.51. The molecule has 1 aromatic carbocycles. The Labute approximate surface area is 114 Å². The van der Waals surface area contributed by atoms with Crippen LogP contribution in [0.15, 0.2) is 12.1 Å². The minimum absolute atomic E-state index is 0.259. The van der Waals surface area contributed by atoms with Crippen molar-refractivity contribution >= 4 is 5.69 Å². The van der Waals surface area contributed by atoms with Gasteiger partial charge in [-0.2, -0.15) is 0 Å². The van der Waals surface area contributed by atoms with Crippen LogP contribution in [0.4, 0.5) is 5.69 Å². The second-order valence-electron chi connectivity index (χ2n) is 5.23. The molecule has 0 spiro atoms. The van der Waals surface area contributed by atoms with E-state index in [0.717, 1.165) is 43.2 Å². The summed E-state index contributed by atoms with van der Waals surface area (Å²) >= 11 is 0. The van der Waals surface area contributed by atoms with Crippen LogP contribution in [0.25, 0.3) is 0 Å². The molecule has 104 valence electrons. The number of hydrogen-bond donors (Lipinski definition) is 1. The largest absolute Gasteiger partial charge is 0.492 e. The Morgan fingerprint density at radius 1 is 1.42 bits per heavy atom. The number of fused-ring (bicyclic) bond motifs is 1. The molecule has 0 saturated carbocycles. The standard InChI is InChI=1S/C15H21NO3/c1-3-18-15-7-11-6-10(2)19-14(11)8-13(15)16-12-4-5-17-9-12/h7-8,10,12,16H,3-6,9H2,1-2H3/t10-,12-/m1/s1. The number of ether oxygens (including phenoxy) is 3. The highest BCUT2D eigenvalue weighted by atomic mass is 16.5. The summed E-state index contributed by atoms with van der Waals surface area (Å²) in [5.41, 5.74) is 2.26. The van der Waals surface area contributed by atoms with E-state index in [-0.39, 0.29) is 6.10 Å². The molecule has 1 fully saturated rings. The summed E-state index contributed by atoms with van der Waals surface area (Å²) in [6.45, 7) is 6.37. The lowest BCUT2D eigenvalue weighted by molar-refractivity contribution is 0.195. The monoisotopic (exact) mass is 263 g/mol. The first-order valence-electron chi connectivity index (χ1n) is 7.07. The number of rotatable bonds is 4. The van der Waals surface area contributed by atoms with Crippen molar-refractivity contribution in [3.8, 4) is 11.5 Å². The zero-order valence-corrected chi connectivity index (χ0v) is 11.6. The van der Waals surface area contributed by atoms with Crippen molar-refractivity contribution in [2.24, 2.45) is 0 Å². The fourth-order valence-corrected chi connectivity index (χ4v) is 2.70. The summed E-state index contributed by atoms with van der Waals surface area (Å²) in [4.78, 5) is 0. The molecule has 19 heavy (non-hydrogen) atoms. The molecule has 2 heterocycles. The van der Waals surface area contributed by atoms with Gasteiger partial charge in [0.1, 0.15) is 17.6 Å². The maximum atomic E-state index is 5.82. The van der Waals surface area contributed by atoms with Gasteiger partial charge in [-0.15, -0.1) is 0 Å². The fraction of sp³-hybridized carbons (Fsp3) is 0.600. The van der Waals surface area contributed by atoms with Crippen LogP contribution in [-0.4, -0.2) is 32.0 Å². The minimum atomic E-state index is 0.259. The van der Waals surface area contributed by atoms with Crippen LogP contribution < -0.4 is 14.8 Å². The lowest BCUT2D eigenvalue weighted by Crippen LogP contribution is -2.19. The maximum absolute atomic E-state index is 5.82. The van der Waals surface area contributed by atoms with Crippen molar-refractivity contribution in [3.63, 3.8) is 0 Å². The summed E-state index contributed by atoms with van der Waals surface area (Å²) < 4.78 is 17.0. The average molecular weight is 263 g/mol. The van der Waals surface area contributed by atoms with Crippen LogP contribution >= 0.6 is 0 Å². The van der Waals surface area contributed by atoms with E-state index in [9.17, 15) is 0 Å². The highest BCUT2D eigenvalue weighted by molar-refractivity contribution is 5.63. The van der Waals surface area contributed by atoms with Crippen molar-refractivity contribution < 1.29 is 14.2 Å². The first kappa shape index (κ1) is 12.6. The van der Waals surface area contributed by atoms with Gasteiger partial charge in [0, 0.05) is 24.7 Å². The number of nitrogens with one attached hydrogen (secondary N) is 1. The predicted octanol–water partition coefficient (Wildman–Crippen LogP) is 2.61. The third-order valence-electron chi connectivity index (χ3n) is 3.59. The Bertz CT molecular complexity index is 455. The van der Waals surface area contributed by atoms with Crippen LogP contribution in [0.1, 0.15) is 25.8 Å². The number of hydrogen-bond acceptors (Lipinski definition) is 4. The van der Waals surface area contributed by atoms with Crippen LogP contribution in [0.2, 0.25) is 0 Å². The smallest absolute Gasteiger partial charge is 0.142 e. The highest BCUT2D eigenvalue weighted by Gasteiger charge is 2.23. The van der Waals surface area contributed by atoms with Gasteiger partial charge in [-0.3, -0.25) is 0 Å². The van der Waals surface area contributed by atoms with Crippen LogP contribution in [0.5, 0.6) is 11.5 Å². The third kappa shape index (κ3) is 2.63. The Morgan fingerprint density at radius 3 is 3.05 bits per heavy atom. The van der Waals surface area contributed by atoms with Crippen molar-refractivity contribution in [2.45, 2.75) is 38.8 Å². The summed E-state index contributed by atoms with van der Waals surface area (Å²) in [7, 11) is 0. The van der Waals surface area contributed by atoms with Gasteiger partial charge in [-0.1, -0.05) is 0 Å². The summed E-state index contributed by atoms with van der Waals surface area (Å²) in [5.74, 6) is 1.91. The second kappa shape index (κ2) is 5.29. The van der Waals surface area contributed by atoms with Gasteiger partial charge >= 0.3 is 0 Å². The SMILES string of the molecule is CCOc1cc2c(cc1N[C@@H]1CCOC1)O[C@H](C)C2. The van der Waals surface area contributed by atoms with Gasteiger partial charge in [0.15, 0.2) is 0 Å². The molecule has 1 saturated heterocycles. The molecule has 0 aliphatic carbocycles. The molecule has 1 aromatic rings. The molecule has 0 bridgehead atoms. The van der Waals surface area contributed by atoms with E-state index in [1.165, 1.54) is 5.56 Å². The van der Waals surface area contributed by atoms with E-state index >= 15 is 0 Å². The van der Waals surface area contributed by atoms with E-state index in [1.54, 1.807) is 0 Å². The minimum Gasteiger partial charge on any atom is -0.492 e. The lowest BCUT2D eigenvalue weighted by Gasteiger charge is -2.17. The molecule has 4 heteroatoms. The van der Waals surface area contributed by atoms with Crippen molar-refractivity contribution in [1.82, 2.24) is 0 Å². The molecule has 2 aliphatic heterocycles. The molecular formula is C15H21NO3. The average Bonchev–Trinajstić information content (AvgIpc) is 2.98. The zero-order chi connectivity index (χ0) is 13.2. The molecule has 1 N–H and O–H groups in total. The first-order chi connectivity index (χ1) is 9.26. The molecule has 3 rings (SSSR count). The van der Waals surface area contributed by atoms with Gasteiger partial charge in [0.2, 0.25) is 0 Å². The van der Waals surface area contributed by atoms with Crippen LogP contribution in [-0.2, 0) is 11.2 Å². The predicted molar refractivity (Wildman–Crippen MR) is 74.3 cm³/mol. The molecule has 2 atom stereocenters. The molecule has 0 amide bonds. The van der Waals surface area contributed by atoms with E-state index < -0.39 is 0 Å². The van der Waals surface area contributed by atoms with E-state index in [4.69, 9.17) is 14.2 Å². The topological polar surface area (TPSA) is 39.7 Å². The second-order valence-corrected chi connectivity index (χ2v) is 5.23.